The third-order valence-corrected chi connectivity index (χ3v) is 4.98. The Hall–Kier alpha value is -1.66. The van der Waals surface area contributed by atoms with Crippen molar-refractivity contribution in [1.82, 2.24) is 10.1 Å². The number of hydrogen-bond donors (Lipinski definition) is 0. The van der Waals surface area contributed by atoms with Gasteiger partial charge < -0.3 is 14.2 Å². The first kappa shape index (κ1) is 14.3. The van der Waals surface area contributed by atoms with Gasteiger partial charge in [0.25, 0.3) is 5.91 Å². The monoisotopic (exact) mass is 306 g/mol. The van der Waals surface area contributed by atoms with E-state index in [2.05, 4.69) is 12.1 Å². The van der Waals surface area contributed by atoms with Crippen LogP contribution < -0.4 is 0 Å². The molecule has 21 heavy (non-hydrogen) atoms. The van der Waals surface area contributed by atoms with E-state index >= 15 is 0 Å². The van der Waals surface area contributed by atoms with Crippen molar-refractivity contribution in [2.75, 3.05) is 20.2 Å². The van der Waals surface area contributed by atoms with Crippen molar-refractivity contribution in [2.45, 2.75) is 25.4 Å². The summed E-state index contributed by atoms with van der Waals surface area (Å²) in [6, 6.07) is 5.61. The predicted octanol–water partition coefficient (Wildman–Crippen LogP) is 3.04. The highest BCUT2D eigenvalue weighted by Gasteiger charge is 2.32. The van der Waals surface area contributed by atoms with E-state index in [4.69, 9.17) is 9.26 Å². The van der Waals surface area contributed by atoms with Crippen LogP contribution >= 0.6 is 11.3 Å². The summed E-state index contributed by atoms with van der Waals surface area (Å²) in [5.41, 5.74) is 0.252. The number of aromatic nitrogens is 1. The van der Waals surface area contributed by atoms with E-state index in [1.807, 2.05) is 22.4 Å². The summed E-state index contributed by atoms with van der Waals surface area (Å²) in [6.07, 6.45) is 1.68. The molecular formula is C15H18N2O3S. The summed E-state index contributed by atoms with van der Waals surface area (Å²) in [6.45, 7) is 3.45. The molecule has 1 aliphatic heterocycles. The lowest BCUT2D eigenvalue weighted by Gasteiger charge is -2.38. The summed E-state index contributed by atoms with van der Waals surface area (Å²) in [7, 11) is 1.72. The first-order valence-electron chi connectivity index (χ1n) is 6.96. The molecule has 1 fully saturated rings. The molecule has 0 saturated carbocycles. The highest BCUT2D eigenvalue weighted by Crippen LogP contribution is 2.28. The zero-order valence-corrected chi connectivity index (χ0v) is 13.0. The van der Waals surface area contributed by atoms with E-state index < -0.39 is 0 Å². The third kappa shape index (κ3) is 2.87. The minimum Gasteiger partial charge on any atom is -0.378 e. The van der Waals surface area contributed by atoms with Crippen molar-refractivity contribution >= 4 is 17.2 Å². The molecule has 0 N–H and O–H groups in total. The van der Waals surface area contributed by atoms with Gasteiger partial charge in [0.2, 0.25) is 0 Å². The molecule has 0 aromatic carbocycles. The summed E-state index contributed by atoms with van der Waals surface area (Å²) < 4.78 is 10.8. The number of piperidine rings is 1. The van der Waals surface area contributed by atoms with Crippen LogP contribution in [0.3, 0.4) is 0 Å². The fourth-order valence-corrected chi connectivity index (χ4v) is 3.13. The Bertz CT molecular complexity index is 613. The van der Waals surface area contributed by atoms with E-state index in [1.54, 1.807) is 24.5 Å². The Morgan fingerprint density at radius 1 is 1.48 bits per heavy atom. The summed E-state index contributed by atoms with van der Waals surface area (Å²) in [5.74, 6) is 0.576. The van der Waals surface area contributed by atoms with Crippen molar-refractivity contribution in [3.05, 3.63) is 29.3 Å². The quantitative estimate of drug-likeness (QED) is 0.874. The Kier molecular flexibility index (Phi) is 3.82. The number of nitrogens with zero attached hydrogens (tertiary/aromatic N) is 2. The zero-order chi connectivity index (χ0) is 14.9. The topological polar surface area (TPSA) is 55.6 Å². The van der Waals surface area contributed by atoms with Gasteiger partial charge in [0, 0.05) is 26.3 Å². The predicted molar refractivity (Wildman–Crippen MR) is 80.4 cm³/mol. The van der Waals surface area contributed by atoms with Gasteiger partial charge in [0.15, 0.2) is 11.5 Å². The summed E-state index contributed by atoms with van der Waals surface area (Å²) in [4.78, 5) is 15.2. The minimum atomic E-state index is -0.122. The van der Waals surface area contributed by atoms with Crippen molar-refractivity contribution in [2.24, 2.45) is 0 Å². The average molecular weight is 306 g/mol. The molecule has 2 aromatic heterocycles. The molecule has 0 atom stereocenters. The Balaban J connectivity index is 1.69. The van der Waals surface area contributed by atoms with Crippen LogP contribution in [-0.2, 0) is 4.74 Å². The molecule has 6 heteroatoms. The van der Waals surface area contributed by atoms with E-state index in [0.717, 1.165) is 17.7 Å². The lowest BCUT2D eigenvalue weighted by molar-refractivity contribution is -0.0381. The van der Waals surface area contributed by atoms with Crippen LogP contribution in [0.15, 0.2) is 28.1 Å². The van der Waals surface area contributed by atoms with Crippen LogP contribution in [0.25, 0.3) is 10.6 Å². The van der Waals surface area contributed by atoms with Crippen LogP contribution in [0.1, 0.15) is 30.3 Å². The second kappa shape index (κ2) is 5.61. The van der Waals surface area contributed by atoms with Crippen LogP contribution in [0.4, 0.5) is 0 Å². The highest BCUT2D eigenvalue weighted by atomic mass is 32.1. The van der Waals surface area contributed by atoms with E-state index in [-0.39, 0.29) is 11.5 Å². The largest absolute Gasteiger partial charge is 0.378 e. The summed E-state index contributed by atoms with van der Waals surface area (Å²) in [5, 5.41) is 5.88. The van der Waals surface area contributed by atoms with E-state index in [1.165, 1.54) is 0 Å². The number of likely N-dealkylation sites (tertiary alicyclic amines) is 1. The minimum absolute atomic E-state index is 0.0697. The molecule has 0 aliphatic carbocycles. The van der Waals surface area contributed by atoms with Gasteiger partial charge in [-0.2, -0.15) is 0 Å². The van der Waals surface area contributed by atoms with Crippen LogP contribution in [-0.4, -0.2) is 41.8 Å². The number of thiophene rings is 1. The number of carbonyl (C=O) groups excluding carboxylic acids is 1. The van der Waals surface area contributed by atoms with Gasteiger partial charge >= 0.3 is 0 Å². The highest BCUT2D eigenvalue weighted by molar-refractivity contribution is 7.13. The van der Waals surface area contributed by atoms with Crippen LogP contribution in [0, 0.1) is 0 Å². The molecule has 1 amide bonds. The van der Waals surface area contributed by atoms with Crippen LogP contribution in [0.2, 0.25) is 0 Å². The molecule has 0 bridgehead atoms. The number of hydrogen-bond acceptors (Lipinski definition) is 5. The van der Waals surface area contributed by atoms with Gasteiger partial charge in [-0.05, 0) is 31.2 Å². The molecule has 2 aromatic rings. The maximum Gasteiger partial charge on any atom is 0.276 e. The van der Waals surface area contributed by atoms with Gasteiger partial charge in [-0.1, -0.05) is 11.2 Å². The lowest BCUT2D eigenvalue weighted by atomic mass is 9.93. The lowest BCUT2D eigenvalue weighted by Crippen LogP contribution is -2.46. The molecule has 1 saturated heterocycles. The second-order valence-electron chi connectivity index (χ2n) is 5.50. The Morgan fingerprint density at radius 2 is 2.24 bits per heavy atom. The zero-order valence-electron chi connectivity index (χ0n) is 12.2. The van der Waals surface area contributed by atoms with Gasteiger partial charge in [0.05, 0.1) is 10.5 Å². The number of carbonyl (C=O) groups is 1. The SMILES string of the molecule is COC1(C)CCN(C(=O)c2cc(-c3cccs3)on2)CC1. The maximum atomic E-state index is 12.4. The van der Waals surface area contributed by atoms with Crippen molar-refractivity contribution < 1.29 is 14.1 Å². The molecule has 1 aliphatic rings. The van der Waals surface area contributed by atoms with Crippen molar-refractivity contribution in [3.8, 4) is 10.6 Å². The molecule has 5 nitrogen and oxygen atoms in total. The van der Waals surface area contributed by atoms with Gasteiger partial charge in [-0.3, -0.25) is 4.79 Å². The smallest absolute Gasteiger partial charge is 0.276 e. The van der Waals surface area contributed by atoms with Crippen molar-refractivity contribution in [3.63, 3.8) is 0 Å². The van der Waals surface area contributed by atoms with E-state index in [0.29, 0.717) is 24.5 Å². The van der Waals surface area contributed by atoms with Gasteiger partial charge in [-0.25, -0.2) is 0 Å². The molecule has 3 rings (SSSR count). The standard InChI is InChI=1S/C15H18N2O3S/c1-15(19-2)5-7-17(8-6-15)14(18)11-10-12(20-16-11)13-4-3-9-21-13/h3-4,9-10H,5-8H2,1-2H3. The second-order valence-corrected chi connectivity index (χ2v) is 6.45. The molecule has 0 spiro atoms. The normalized spacial score (nSPS) is 17.9. The van der Waals surface area contributed by atoms with Gasteiger partial charge in [-0.15, -0.1) is 11.3 Å². The summed E-state index contributed by atoms with van der Waals surface area (Å²) >= 11 is 1.56. The Labute approximate surface area is 127 Å². The average Bonchev–Trinajstić information content (AvgIpc) is 3.18. The number of ether oxygens (including phenoxy) is 1. The molecule has 0 unspecified atom stereocenters. The fraction of sp³-hybridized carbons (Fsp3) is 0.467. The number of methoxy groups -OCH3 is 1. The molecule has 112 valence electrons. The number of amides is 1. The van der Waals surface area contributed by atoms with Crippen LogP contribution in [0.5, 0.6) is 0 Å². The fourth-order valence-electron chi connectivity index (χ4n) is 2.46. The molecule has 0 radical (unpaired) electrons. The van der Waals surface area contributed by atoms with Crippen molar-refractivity contribution in [1.29, 1.82) is 0 Å². The Morgan fingerprint density at radius 3 is 2.86 bits per heavy atom. The maximum absolute atomic E-state index is 12.4. The molecule has 3 heterocycles. The molecular weight excluding hydrogens is 288 g/mol. The van der Waals surface area contributed by atoms with Gasteiger partial charge in [0.1, 0.15) is 0 Å². The van der Waals surface area contributed by atoms with E-state index in [9.17, 15) is 4.79 Å². The first-order valence-corrected chi connectivity index (χ1v) is 7.84. The first-order chi connectivity index (χ1) is 10.1. The number of rotatable bonds is 3. The third-order valence-electron chi connectivity index (χ3n) is 4.09.